The first-order chi connectivity index (χ1) is 10.0. The number of carbonyl (C=O) groups is 2. The van der Waals surface area contributed by atoms with Crippen molar-refractivity contribution in [3.05, 3.63) is 45.4 Å². The van der Waals surface area contributed by atoms with Gasteiger partial charge in [-0.1, -0.05) is 18.2 Å². The van der Waals surface area contributed by atoms with E-state index in [0.29, 0.717) is 11.4 Å². The quantitative estimate of drug-likeness (QED) is 0.879. The molecule has 0 spiro atoms. The van der Waals surface area contributed by atoms with Crippen LogP contribution in [0.15, 0.2) is 24.3 Å². The fourth-order valence-electron chi connectivity index (χ4n) is 2.42. The number of hydrogen-bond donors (Lipinski definition) is 1. The summed E-state index contributed by atoms with van der Waals surface area (Å²) >= 11 is 1.37. The number of carbonyl (C=O) groups excluding carboxylic acids is 2. The predicted molar refractivity (Wildman–Crippen MR) is 81.4 cm³/mol. The van der Waals surface area contributed by atoms with Crippen molar-refractivity contribution >= 4 is 28.8 Å². The second kappa shape index (κ2) is 5.29. The molecule has 0 bridgehead atoms. The predicted octanol–water partition coefficient (Wildman–Crippen LogP) is 2.35. The summed E-state index contributed by atoms with van der Waals surface area (Å²) in [5.41, 5.74) is 2.44. The first-order valence-corrected chi connectivity index (χ1v) is 7.47. The number of amides is 2. The molecule has 2 aromatic rings. The van der Waals surface area contributed by atoms with E-state index in [1.54, 1.807) is 4.90 Å². The lowest BCUT2D eigenvalue weighted by atomic mass is 10.1. The number of nitrogens with one attached hydrogen (secondary N) is 1. The average Bonchev–Trinajstić information content (AvgIpc) is 2.68. The Morgan fingerprint density at radius 1 is 1.29 bits per heavy atom. The van der Waals surface area contributed by atoms with Gasteiger partial charge in [0.05, 0.1) is 10.7 Å². The highest BCUT2D eigenvalue weighted by Gasteiger charge is 2.26. The number of aromatic nitrogens is 1. The lowest BCUT2D eigenvalue weighted by molar-refractivity contribution is -0.116. The number of para-hydroxylation sites is 1. The van der Waals surface area contributed by atoms with Crippen molar-refractivity contribution in [2.24, 2.45) is 0 Å². The zero-order valence-electron chi connectivity index (χ0n) is 11.8. The minimum Gasteiger partial charge on any atom is -0.324 e. The Bertz CT molecular complexity index is 723. The van der Waals surface area contributed by atoms with Crippen LogP contribution in [0.2, 0.25) is 0 Å². The van der Waals surface area contributed by atoms with E-state index in [1.165, 1.54) is 11.3 Å². The number of benzene rings is 1. The van der Waals surface area contributed by atoms with Gasteiger partial charge in [0, 0.05) is 12.2 Å². The molecule has 0 radical (unpaired) electrons. The van der Waals surface area contributed by atoms with E-state index < -0.39 is 0 Å². The molecule has 0 aliphatic carbocycles. The highest BCUT2D eigenvalue weighted by atomic mass is 32.1. The van der Waals surface area contributed by atoms with Gasteiger partial charge in [0.1, 0.15) is 11.4 Å². The van der Waals surface area contributed by atoms with Crippen molar-refractivity contribution in [1.29, 1.82) is 0 Å². The van der Waals surface area contributed by atoms with Crippen LogP contribution in [0.5, 0.6) is 0 Å². The number of nitrogens with zero attached hydrogens (tertiary/aromatic N) is 2. The van der Waals surface area contributed by atoms with Crippen LogP contribution in [0.4, 0.5) is 5.69 Å². The number of fused-ring (bicyclic) bond motifs is 1. The monoisotopic (exact) mass is 301 g/mol. The van der Waals surface area contributed by atoms with E-state index in [-0.39, 0.29) is 18.4 Å². The molecule has 0 unspecified atom stereocenters. The highest BCUT2D eigenvalue weighted by Crippen LogP contribution is 2.24. The molecule has 0 atom stereocenters. The molecule has 2 heterocycles. The van der Waals surface area contributed by atoms with Crippen LogP contribution >= 0.6 is 11.3 Å². The van der Waals surface area contributed by atoms with Crippen LogP contribution in [0.1, 0.15) is 25.9 Å². The summed E-state index contributed by atoms with van der Waals surface area (Å²) in [4.78, 5) is 31.1. The van der Waals surface area contributed by atoms with E-state index in [0.717, 1.165) is 22.0 Å². The van der Waals surface area contributed by atoms with Gasteiger partial charge in [-0.05, 0) is 25.5 Å². The number of anilines is 1. The molecule has 1 aromatic heterocycles. The van der Waals surface area contributed by atoms with Crippen LogP contribution in [0.25, 0.3) is 0 Å². The molecule has 3 rings (SSSR count). The minimum atomic E-state index is -0.174. The highest BCUT2D eigenvalue weighted by molar-refractivity contribution is 7.13. The van der Waals surface area contributed by atoms with Crippen LogP contribution in [-0.2, 0) is 11.3 Å². The van der Waals surface area contributed by atoms with Crippen LogP contribution in [-0.4, -0.2) is 28.2 Å². The molecule has 0 fully saturated rings. The molecule has 108 valence electrons. The van der Waals surface area contributed by atoms with Gasteiger partial charge in [-0.2, -0.15) is 0 Å². The Balaban J connectivity index is 1.94. The van der Waals surface area contributed by atoms with E-state index in [2.05, 4.69) is 10.3 Å². The maximum Gasteiger partial charge on any atom is 0.266 e. The summed E-state index contributed by atoms with van der Waals surface area (Å²) in [5.74, 6) is -0.308. The molecule has 1 aromatic carbocycles. The van der Waals surface area contributed by atoms with Crippen molar-refractivity contribution in [1.82, 2.24) is 9.88 Å². The van der Waals surface area contributed by atoms with Gasteiger partial charge < -0.3 is 10.2 Å². The number of thiazole rings is 1. The Morgan fingerprint density at radius 3 is 2.76 bits per heavy atom. The van der Waals surface area contributed by atoms with Gasteiger partial charge in [0.15, 0.2) is 0 Å². The Morgan fingerprint density at radius 2 is 2.05 bits per heavy atom. The van der Waals surface area contributed by atoms with Gasteiger partial charge in [-0.25, -0.2) is 4.98 Å². The lowest BCUT2D eigenvalue weighted by Crippen LogP contribution is -2.35. The van der Waals surface area contributed by atoms with E-state index in [1.807, 2.05) is 38.1 Å². The van der Waals surface area contributed by atoms with E-state index >= 15 is 0 Å². The van der Waals surface area contributed by atoms with Crippen LogP contribution < -0.4 is 5.32 Å². The second-order valence-corrected chi connectivity index (χ2v) is 6.22. The van der Waals surface area contributed by atoms with E-state index in [4.69, 9.17) is 0 Å². The van der Waals surface area contributed by atoms with Gasteiger partial charge in [0.25, 0.3) is 5.91 Å². The second-order valence-electron chi connectivity index (χ2n) is 5.01. The average molecular weight is 301 g/mol. The minimum absolute atomic E-state index is 0.0594. The largest absolute Gasteiger partial charge is 0.324 e. The van der Waals surface area contributed by atoms with Gasteiger partial charge in [-0.3, -0.25) is 9.59 Å². The maximum atomic E-state index is 12.7. The summed E-state index contributed by atoms with van der Waals surface area (Å²) in [5, 5.41) is 3.69. The number of rotatable bonds is 1. The molecule has 2 amide bonds. The standard InChI is InChI=1S/C15H15N3O2S/c1-9-14(21-10(2)16-9)15(20)18-7-11-5-3-4-6-12(11)17-13(19)8-18/h3-6H,7-8H2,1-2H3,(H,17,19). The van der Waals surface area contributed by atoms with Crippen molar-refractivity contribution in [3.63, 3.8) is 0 Å². The fourth-order valence-corrected chi connectivity index (χ4v) is 3.31. The Kier molecular flexibility index (Phi) is 3.47. The molecular weight excluding hydrogens is 286 g/mol. The fraction of sp³-hybridized carbons (Fsp3) is 0.267. The first kappa shape index (κ1) is 13.8. The normalized spacial score (nSPS) is 14.4. The van der Waals surface area contributed by atoms with Crippen molar-refractivity contribution in [2.75, 3.05) is 11.9 Å². The third-order valence-corrected chi connectivity index (χ3v) is 4.43. The molecule has 1 aliphatic heterocycles. The van der Waals surface area contributed by atoms with Crippen LogP contribution in [0, 0.1) is 13.8 Å². The molecular formula is C15H15N3O2S. The molecule has 21 heavy (non-hydrogen) atoms. The molecule has 0 saturated heterocycles. The lowest BCUT2D eigenvalue weighted by Gasteiger charge is -2.18. The summed E-state index contributed by atoms with van der Waals surface area (Å²) in [6.45, 7) is 4.18. The molecule has 1 N–H and O–H groups in total. The molecule has 5 nitrogen and oxygen atoms in total. The zero-order valence-corrected chi connectivity index (χ0v) is 12.7. The van der Waals surface area contributed by atoms with Gasteiger partial charge in [-0.15, -0.1) is 11.3 Å². The van der Waals surface area contributed by atoms with Gasteiger partial charge in [0.2, 0.25) is 5.91 Å². The topological polar surface area (TPSA) is 62.3 Å². The third-order valence-electron chi connectivity index (χ3n) is 3.37. The third kappa shape index (κ3) is 2.67. The van der Waals surface area contributed by atoms with Crippen LogP contribution in [0.3, 0.4) is 0 Å². The summed E-state index contributed by atoms with van der Waals surface area (Å²) in [6, 6.07) is 7.55. The smallest absolute Gasteiger partial charge is 0.266 e. The summed E-state index contributed by atoms with van der Waals surface area (Å²) in [6.07, 6.45) is 0. The van der Waals surface area contributed by atoms with Crippen molar-refractivity contribution in [2.45, 2.75) is 20.4 Å². The number of aryl methyl sites for hydroxylation is 2. The maximum absolute atomic E-state index is 12.7. The van der Waals surface area contributed by atoms with Gasteiger partial charge >= 0.3 is 0 Å². The SMILES string of the molecule is Cc1nc(C)c(C(=O)N2CC(=O)Nc3ccccc3C2)s1. The molecule has 0 saturated carbocycles. The molecule has 6 heteroatoms. The van der Waals surface area contributed by atoms with Crippen molar-refractivity contribution in [3.8, 4) is 0 Å². The Labute approximate surface area is 126 Å². The first-order valence-electron chi connectivity index (χ1n) is 6.65. The Hall–Kier alpha value is -2.21. The molecule has 1 aliphatic rings. The number of hydrogen-bond acceptors (Lipinski definition) is 4. The van der Waals surface area contributed by atoms with Crippen molar-refractivity contribution < 1.29 is 9.59 Å². The summed E-state index contributed by atoms with van der Waals surface area (Å²) in [7, 11) is 0. The zero-order chi connectivity index (χ0) is 15.0. The van der Waals surface area contributed by atoms with E-state index in [9.17, 15) is 9.59 Å². The summed E-state index contributed by atoms with van der Waals surface area (Å²) < 4.78 is 0.